The number of rotatable bonds is 5. The fourth-order valence-electron chi connectivity index (χ4n) is 2.53. The van der Waals surface area contributed by atoms with E-state index in [0.717, 1.165) is 24.7 Å². The molecule has 4 nitrogen and oxygen atoms in total. The number of pyridine rings is 1. The summed E-state index contributed by atoms with van der Waals surface area (Å²) in [5.74, 6) is 3.08. The second-order valence-corrected chi connectivity index (χ2v) is 4.65. The number of hydrogen-bond acceptors (Lipinski definition) is 4. The summed E-state index contributed by atoms with van der Waals surface area (Å²) in [6, 6.07) is 3.87. The zero-order chi connectivity index (χ0) is 12.1. The largest absolute Gasteiger partial charge is 0.495 e. The van der Waals surface area contributed by atoms with Crippen molar-refractivity contribution in [2.75, 3.05) is 25.5 Å². The molecule has 0 amide bonds. The highest BCUT2D eigenvalue weighted by molar-refractivity contribution is 5.37. The second kappa shape index (κ2) is 5.87. The lowest BCUT2D eigenvalue weighted by atomic mass is 9.96. The Balaban J connectivity index is 1.84. The van der Waals surface area contributed by atoms with E-state index in [4.69, 9.17) is 10.5 Å². The third-order valence-corrected chi connectivity index (χ3v) is 3.64. The third kappa shape index (κ3) is 3.09. The molecule has 0 bridgehead atoms. The molecular weight excluding hydrogens is 214 g/mol. The lowest BCUT2D eigenvalue weighted by Gasteiger charge is -2.18. The number of aromatic nitrogens is 1. The van der Waals surface area contributed by atoms with Gasteiger partial charge in [-0.15, -0.1) is 0 Å². The first-order valence-corrected chi connectivity index (χ1v) is 6.27. The molecule has 17 heavy (non-hydrogen) atoms. The van der Waals surface area contributed by atoms with Crippen LogP contribution in [0, 0.1) is 11.8 Å². The van der Waals surface area contributed by atoms with Crippen LogP contribution in [0.5, 0.6) is 5.75 Å². The average molecular weight is 235 g/mol. The number of ether oxygens (including phenoxy) is 1. The molecule has 1 aliphatic carbocycles. The number of methoxy groups -OCH3 is 1. The molecule has 2 rings (SSSR count). The summed E-state index contributed by atoms with van der Waals surface area (Å²) < 4.78 is 5.07. The smallest absolute Gasteiger partial charge is 0.137 e. The van der Waals surface area contributed by atoms with Crippen molar-refractivity contribution in [3.63, 3.8) is 0 Å². The molecule has 1 saturated carbocycles. The summed E-state index contributed by atoms with van der Waals surface area (Å²) in [6.45, 7) is 1.78. The molecule has 94 valence electrons. The van der Waals surface area contributed by atoms with Crippen molar-refractivity contribution in [2.24, 2.45) is 17.6 Å². The van der Waals surface area contributed by atoms with Gasteiger partial charge >= 0.3 is 0 Å². The van der Waals surface area contributed by atoms with Crippen LogP contribution >= 0.6 is 0 Å². The Morgan fingerprint density at radius 2 is 2.24 bits per heavy atom. The van der Waals surface area contributed by atoms with Crippen molar-refractivity contribution in [2.45, 2.75) is 19.3 Å². The number of nitrogens with one attached hydrogen (secondary N) is 1. The second-order valence-electron chi connectivity index (χ2n) is 4.65. The Hall–Kier alpha value is -1.29. The summed E-state index contributed by atoms with van der Waals surface area (Å²) in [4.78, 5) is 4.29. The molecule has 0 aliphatic heterocycles. The fraction of sp³-hybridized carbons (Fsp3) is 0.615. The van der Waals surface area contributed by atoms with E-state index < -0.39 is 0 Å². The predicted molar refractivity (Wildman–Crippen MR) is 69.2 cm³/mol. The topological polar surface area (TPSA) is 60.2 Å². The summed E-state index contributed by atoms with van der Waals surface area (Å²) >= 11 is 0. The van der Waals surface area contributed by atoms with Gasteiger partial charge in [0.15, 0.2) is 0 Å². The van der Waals surface area contributed by atoms with Gasteiger partial charge in [-0.1, -0.05) is 6.42 Å². The highest BCUT2D eigenvalue weighted by Crippen LogP contribution is 2.30. The van der Waals surface area contributed by atoms with Crippen LogP contribution in [0.15, 0.2) is 18.3 Å². The monoisotopic (exact) mass is 235 g/mol. The zero-order valence-electron chi connectivity index (χ0n) is 10.4. The van der Waals surface area contributed by atoms with Crippen molar-refractivity contribution in [3.8, 4) is 5.75 Å². The maximum Gasteiger partial charge on any atom is 0.137 e. The normalized spacial score (nSPS) is 23.6. The van der Waals surface area contributed by atoms with Gasteiger partial charge in [0.25, 0.3) is 0 Å². The highest BCUT2D eigenvalue weighted by Gasteiger charge is 2.25. The zero-order valence-corrected chi connectivity index (χ0v) is 10.4. The van der Waals surface area contributed by atoms with Crippen LogP contribution in [-0.4, -0.2) is 25.2 Å². The number of nitrogens with two attached hydrogens (primary N) is 1. The van der Waals surface area contributed by atoms with Crippen LogP contribution in [0.25, 0.3) is 0 Å². The minimum absolute atomic E-state index is 0.681. The molecule has 0 spiro atoms. The lowest BCUT2D eigenvalue weighted by Crippen LogP contribution is -2.24. The Kier molecular flexibility index (Phi) is 4.20. The van der Waals surface area contributed by atoms with Gasteiger partial charge in [0.05, 0.1) is 13.3 Å². The first-order chi connectivity index (χ1) is 8.33. The van der Waals surface area contributed by atoms with Crippen LogP contribution in [0.2, 0.25) is 0 Å². The summed E-state index contributed by atoms with van der Waals surface area (Å²) in [6.07, 6.45) is 5.60. The van der Waals surface area contributed by atoms with Crippen molar-refractivity contribution in [3.05, 3.63) is 18.3 Å². The molecule has 0 aromatic carbocycles. The molecule has 1 aromatic heterocycles. The molecule has 1 heterocycles. The van der Waals surface area contributed by atoms with E-state index >= 15 is 0 Å². The molecule has 2 unspecified atom stereocenters. The SMILES string of the molecule is COc1ccc(NCC2CCCC2CN)nc1. The maximum absolute atomic E-state index is 5.77. The summed E-state index contributed by atoms with van der Waals surface area (Å²) in [7, 11) is 1.65. The Morgan fingerprint density at radius 3 is 2.88 bits per heavy atom. The number of hydrogen-bond donors (Lipinski definition) is 2. The quantitative estimate of drug-likeness (QED) is 0.818. The lowest BCUT2D eigenvalue weighted by molar-refractivity contribution is 0.411. The van der Waals surface area contributed by atoms with Crippen LogP contribution in [0.1, 0.15) is 19.3 Å². The van der Waals surface area contributed by atoms with E-state index in [1.54, 1.807) is 13.3 Å². The molecule has 3 N–H and O–H groups in total. The van der Waals surface area contributed by atoms with Gasteiger partial charge in [-0.05, 0) is 43.4 Å². The maximum atomic E-state index is 5.77. The van der Waals surface area contributed by atoms with Gasteiger partial charge in [-0.2, -0.15) is 0 Å². The summed E-state index contributed by atoms with van der Waals surface area (Å²) in [5.41, 5.74) is 5.77. The van der Waals surface area contributed by atoms with Crippen molar-refractivity contribution in [1.29, 1.82) is 0 Å². The molecular formula is C13H21N3O. The van der Waals surface area contributed by atoms with Gasteiger partial charge in [0, 0.05) is 6.54 Å². The highest BCUT2D eigenvalue weighted by atomic mass is 16.5. The van der Waals surface area contributed by atoms with Gasteiger partial charge in [0.2, 0.25) is 0 Å². The van der Waals surface area contributed by atoms with Gasteiger partial charge in [0.1, 0.15) is 11.6 Å². The molecule has 1 aromatic rings. The van der Waals surface area contributed by atoms with Crippen LogP contribution in [-0.2, 0) is 0 Å². The summed E-state index contributed by atoms with van der Waals surface area (Å²) in [5, 5.41) is 3.38. The Morgan fingerprint density at radius 1 is 1.41 bits per heavy atom. The molecule has 2 atom stereocenters. The Labute approximate surface area is 103 Å². The van der Waals surface area contributed by atoms with E-state index in [1.807, 2.05) is 12.1 Å². The Bertz CT molecular complexity index is 339. The van der Waals surface area contributed by atoms with E-state index in [-0.39, 0.29) is 0 Å². The fourth-order valence-corrected chi connectivity index (χ4v) is 2.53. The van der Waals surface area contributed by atoms with Crippen molar-refractivity contribution < 1.29 is 4.74 Å². The van der Waals surface area contributed by atoms with Crippen LogP contribution in [0.4, 0.5) is 5.82 Å². The van der Waals surface area contributed by atoms with E-state index in [1.165, 1.54) is 19.3 Å². The van der Waals surface area contributed by atoms with Crippen LogP contribution < -0.4 is 15.8 Å². The predicted octanol–water partition coefficient (Wildman–Crippen LogP) is 1.88. The molecule has 1 aliphatic rings. The van der Waals surface area contributed by atoms with E-state index in [9.17, 15) is 0 Å². The molecule has 4 heteroatoms. The number of nitrogens with zero attached hydrogens (tertiary/aromatic N) is 1. The minimum atomic E-state index is 0.681. The average Bonchev–Trinajstić information content (AvgIpc) is 2.84. The number of anilines is 1. The molecule has 1 fully saturated rings. The van der Waals surface area contributed by atoms with Crippen LogP contribution in [0.3, 0.4) is 0 Å². The standard InChI is InChI=1S/C13H21N3O/c1-17-12-5-6-13(16-9-12)15-8-11-4-2-3-10(11)7-14/h5-6,9-11H,2-4,7-8,14H2,1H3,(H,15,16). The first-order valence-electron chi connectivity index (χ1n) is 6.27. The van der Waals surface area contributed by atoms with E-state index in [2.05, 4.69) is 10.3 Å². The van der Waals surface area contributed by atoms with Gasteiger partial charge < -0.3 is 15.8 Å². The third-order valence-electron chi connectivity index (χ3n) is 3.64. The van der Waals surface area contributed by atoms with Gasteiger partial charge in [-0.3, -0.25) is 0 Å². The minimum Gasteiger partial charge on any atom is -0.495 e. The molecule has 0 saturated heterocycles. The molecule has 0 radical (unpaired) electrons. The van der Waals surface area contributed by atoms with Crippen molar-refractivity contribution >= 4 is 5.82 Å². The van der Waals surface area contributed by atoms with Gasteiger partial charge in [-0.25, -0.2) is 4.98 Å². The van der Waals surface area contributed by atoms with E-state index in [0.29, 0.717) is 11.8 Å². The first kappa shape index (κ1) is 12.2. The van der Waals surface area contributed by atoms with Crippen molar-refractivity contribution in [1.82, 2.24) is 4.98 Å².